The number of rotatable bonds is 5. The predicted octanol–water partition coefficient (Wildman–Crippen LogP) is 0.683. The number of piperidine rings is 1. The third-order valence-corrected chi connectivity index (χ3v) is 4.59. The summed E-state index contributed by atoms with van der Waals surface area (Å²) in [6, 6.07) is 3.60. The summed E-state index contributed by atoms with van der Waals surface area (Å²) in [6.45, 7) is 5.89. The number of aromatic nitrogens is 4. The maximum atomic E-state index is 12.3. The molecule has 1 unspecified atom stereocenters. The molecule has 0 spiro atoms. The first-order valence-corrected chi connectivity index (χ1v) is 8.86. The van der Waals surface area contributed by atoms with Crippen molar-refractivity contribution in [2.75, 3.05) is 24.5 Å². The van der Waals surface area contributed by atoms with Gasteiger partial charge in [0.2, 0.25) is 11.9 Å². The summed E-state index contributed by atoms with van der Waals surface area (Å²) in [7, 11) is 0. The van der Waals surface area contributed by atoms with Crippen LogP contribution in [0.25, 0.3) is 0 Å². The minimum atomic E-state index is -0.386. The van der Waals surface area contributed by atoms with Crippen molar-refractivity contribution in [2.24, 2.45) is 5.92 Å². The summed E-state index contributed by atoms with van der Waals surface area (Å²) in [5.74, 6) is 0.899. The highest BCUT2D eigenvalue weighted by molar-refractivity contribution is 5.75. The van der Waals surface area contributed by atoms with Gasteiger partial charge >= 0.3 is 5.69 Å². The summed E-state index contributed by atoms with van der Waals surface area (Å²) < 4.78 is 1.40. The average Bonchev–Trinajstić information content (AvgIpc) is 2.64. The van der Waals surface area contributed by atoms with Crippen molar-refractivity contribution in [3.05, 3.63) is 46.4 Å². The Morgan fingerprint density at radius 3 is 2.81 bits per heavy atom. The molecule has 3 rings (SSSR count). The van der Waals surface area contributed by atoms with Crippen LogP contribution in [0, 0.1) is 19.8 Å². The molecule has 1 saturated heterocycles. The molecule has 1 aliphatic rings. The molecule has 1 amide bonds. The Balaban J connectivity index is 1.54. The fourth-order valence-corrected chi connectivity index (χ4v) is 3.29. The molecule has 8 heteroatoms. The molecule has 2 aromatic rings. The van der Waals surface area contributed by atoms with E-state index >= 15 is 0 Å². The number of anilines is 1. The highest BCUT2D eigenvalue weighted by Gasteiger charge is 2.22. The monoisotopic (exact) mass is 356 g/mol. The van der Waals surface area contributed by atoms with Crippen LogP contribution in [0.2, 0.25) is 0 Å². The topological polar surface area (TPSA) is 93.0 Å². The number of nitrogens with one attached hydrogen (secondary N) is 1. The van der Waals surface area contributed by atoms with Crippen LogP contribution in [0.5, 0.6) is 0 Å². The molecule has 26 heavy (non-hydrogen) atoms. The lowest BCUT2D eigenvalue weighted by Crippen LogP contribution is -2.43. The van der Waals surface area contributed by atoms with E-state index in [9.17, 15) is 9.59 Å². The second-order valence-corrected chi connectivity index (χ2v) is 6.71. The number of nitrogens with zero attached hydrogens (tertiary/aromatic N) is 5. The van der Waals surface area contributed by atoms with Gasteiger partial charge in [-0.1, -0.05) is 0 Å². The van der Waals surface area contributed by atoms with E-state index in [-0.39, 0.29) is 18.1 Å². The van der Waals surface area contributed by atoms with Crippen LogP contribution in [-0.2, 0) is 11.3 Å². The van der Waals surface area contributed by atoms with Crippen molar-refractivity contribution in [3.63, 3.8) is 0 Å². The fourth-order valence-electron chi connectivity index (χ4n) is 3.29. The molecule has 1 aliphatic heterocycles. The number of aryl methyl sites for hydroxylation is 2. The smallest absolute Gasteiger partial charge is 0.348 e. The summed E-state index contributed by atoms with van der Waals surface area (Å²) in [6.07, 6.45) is 5.57. The molecule has 1 N–H and O–H groups in total. The summed E-state index contributed by atoms with van der Waals surface area (Å²) >= 11 is 0. The van der Waals surface area contributed by atoms with Gasteiger partial charge in [0.05, 0.1) is 0 Å². The molecule has 0 radical (unpaired) electrons. The molecular formula is C18H24N6O2. The number of carbonyl (C=O) groups is 1. The molecule has 3 heterocycles. The van der Waals surface area contributed by atoms with E-state index in [2.05, 4.69) is 25.2 Å². The maximum Gasteiger partial charge on any atom is 0.348 e. The normalized spacial score (nSPS) is 17.2. The third kappa shape index (κ3) is 4.44. The largest absolute Gasteiger partial charge is 0.354 e. The van der Waals surface area contributed by atoms with Crippen LogP contribution in [0.15, 0.2) is 29.3 Å². The lowest BCUT2D eigenvalue weighted by molar-refractivity contribution is -0.122. The highest BCUT2D eigenvalue weighted by atomic mass is 16.2. The van der Waals surface area contributed by atoms with Crippen molar-refractivity contribution in [3.8, 4) is 0 Å². The third-order valence-electron chi connectivity index (χ3n) is 4.59. The van der Waals surface area contributed by atoms with Crippen LogP contribution in [0.3, 0.4) is 0 Å². The molecule has 1 atom stereocenters. The highest BCUT2D eigenvalue weighted by Crippen LogP contribution is 2.19. The zero-order chi connectivity index (χ0) is 18.5. The van der Waals surface area contributed by atoms with Crippen molar-refractivity contribution < 1.29 is 4.79 Å². The minimum Gasteiger partial charge on any atom is -0.354 e. The first-order valence-electron chi connectivity index (χ1n) is 8.86. The molecule has 1 fully saturated rings. The summed E-state index contributed by atoms with van der Waals surface area (Å²) in [5.41, 5.74) is 1.01. The van der Waals surface area contributed by atoms with E-state index in [1.54, 1.807) is 31.5 Å². The number of hydrogen-bond donors (Lipinski definition) is 1. The van der Waals surface area contributed by atoms with Gasteiger partial charge in [-0.2, -0.15) is 4.98 Å². The van der Waals surface area contributed by atoms with Gasteiger partial charge in [0.25, 0.3) is 0 Å². The Morgan fingerprint density at radius 1 is 1.31 bits per heavy atom. The standard InChI is InChI=1S/C18H24N6O2/c1-13-9-14(2)24(18(26)22-13)12-16(25)21-10-15-5-3-8-23(11-15)17-19-6-4-7-20-17/h4,6-7,9,15H,3,5,8,10-12H2,1-2H3,(H,21,25). The minimum absolute atomic E-state index is 0.00379. The fraction of sp³-hybridized carbons (Fsp3) is 0.500. The maximum absolute atomic E-state index is 12.3. The second kappa shape index (κ2) is 8.07. The Morgan fingerprint density at radius 2 is 2.08 bits per heavy atom. The van der Waals surface area contributed by atoms with Gasteiger partial charge in [0.1, 0.15) is 6.54 Å². The van der Waals surface area contributed by atoms with E-state index in [1.807, 2.05) is 6.92 Å². The molecular weight excluding hydrogens is 332 g/mol. The van der Waals surface area contributed by atoms with Gasteiger partial charge in [0, 0.05) is 43.4 Å². The Labute approximate surface area is 152 Å². The molecule has 0 bridgehead atoms. The lowest BCUT2D eigenvalue weighted by atomic mass is 9.98. The van der Waals surface area contributed by atoms with Crippen molar-refractivity contribution >= 4 is 11.9 Å². The van der Waals surface area contributed by atoms with Crippen LogP contribution >= 0.6 is 0 Å². The molecule has 0 saturated carbocycles. The van der Waals surface area contributed by atoms with Crippen LogP contribution in [-0.4, -0.2) is 45.1 Å². The van der Waals surface area contributed by atoms with Gasteiger partial charge in [-0.3, -0.25) is 9.36 Å². The zero-order valence-corrected chi connectivity index (χ0v) is 15.2. The van der Waals surface area contributed by atoms with E-state index in [0.29, 0.717) is 18.2 Å². The van der Waals surface area contributed by atoms with Crippen LogP contribution in [0.1, 0.15) is 24.2 Å². The van der Waals surface area contributed by atoms with Gasteiger partial charge in [-0.25, -0.2) is 14.8 Å². The predicted molar refractivity (Wildman–Crippen MR) is 97.9 cm³/mol. The Hall–Kier alpha value is -2.77. The van der Waals surface area contributed by atoms with E-state index in [0.717, 1.165) is 37.6 Å². The van der Waals surface area contributed by atoms with Crippen molar-refractivity contribution in [1.82, 2.24) is 24.8 Å². The Kier molecular flexibility index (Phi) is 5.60. The quantitative estimate of drug-likeness (QED) is 0.847. The van der Waals surface area contributed by atoms with Crippen LogP contribution < -0.4 is 15.9 Å². The average molecular weight is 356 g/mol. The first-order chi connectivity index (χ1) is 12.5. The molecule has 0 aliphatic carbocycles. The van der Waals surface area contributed by atoms with Crippen LogP contribution in [0.4, 0.5) is 5.95 Å². The molecule has 0 aromatic carbocycles. The molecule has 138 valence electrons. The van der Waals surface area contributed by atoms with Gasteiger partial charge in [-0.15, -0.1) is 0 Å². The summed E-state index contributed by atoms with van der Waals surface area (Å²) in [5, 5.41) is 2.95. The van der Waals surface area contributed by atoms with E-state index in [1.165, 1.54) is 4.57 Å². The van der Waals surface area contributed by atoms with Gasteiger partial charge in [0.15, 0.2) is 0 Å². The lowest BCUT2D eigenvalue weighted by Gasteiger charge is -2.32. The molecule has 8 nitrogen and oxygen atoms in total. The first kappa shape index (κ1) is 18.0. The molecule has 2 aromatic heterocycles. The van der Waals surface area contributed by atoms with Crippen molar-refractivity contribution in [2.45, 2.75) is 33.2 Å². The number of hydrogen-bond acceptors (Lipinski definition) is 6. The van der Waals surface area contributed by atoms with Crippen molar-refractivity contribution in [1.29, 1.82) is 0 Å². The van der Waals surface area contributed by atoms with Gasteiger partial charge < -0.3 is 10.2 Å². The SMILES string of the molecule is Cc1cc(C)n(CC(=O)NCC2CCCN(c3ncccn3)C2)c(=O)n1. The number of amides is 1. The van der Waals surface area contributed by atoms with E-state index in [4.69, 9.17) is 0 Å². The Bertz CT molecular complexity index is 820. The zero-order valence-electron chi connectivity index (χ0n) is 15.2. The van der Waals surface area contributed by atoms with E-state index < -0.39 is 0 Å². The summed E-state index contributed by atoms with van der Waals surface area (Å²) in [4.78, 5) is 38.8. The second-order valence-electron chi connectivity index (χ2n) is 6.71. The van der Waals surface area contributed by atoms with Gasteiger partial charge in [-0.05, 0) is 44.7 Å². The number of carbonyl (C=O) groups excluding carboxylic acids is 1.